The minimum absolute atomic E-state index is 0.277. The molecule has 140 valence electrons. The molecule has 2 N–H and O–H groups in total. The quantitative estimate of drug-likeness (QED) is 0.357. The number of aromatic nitrogens is 2. The van der Waals surface area contributed by atoms with Gasteiger partial charge in [0.2, 0.25) is 11.7 Å². The van der Waals surface area contributed by atoms with Crippen LogP contribution in [0.2, 0.25) is 0 Å². The Morgan fingerprint density at radius 2 is 1.78 bits per heavy atom. The van der Waals surface area contributed by atoms with Gasteiger partial charge in [0.1, 0.15) is 5.75 Å². The fourth-order valence-electron chi connectivity index (χ4n) is 2.49. The molecule has 0 unspecified atom stereocenters. The average molecular weight is 367 g/mol. The lowest BCUT2D eigenvalue weighted by atomic mass is 10.1. The van der Waals surface area contributed by atoms with Gasteiger partial charge in [0, 0.05) is 17.5 Å². The zero-order valence-corrected chi connectivity index (χ0v) is 15.0. The van der Waals surface area contributed by atoms with Gasteiger partial charge >= 0.3 is 0 Å². The molecular formula is C20H21N3O4. The third kappa shape index (κ3) is 5.15. The molecule has 1 heterocycles. The molecule has 1 aromatic heterocycles. The van der Waals surface area contributed by atoms with Gasteiger partial charge < -0.3 is 9.26 Å². The largest absolute Gasteiger partial charge is 0.494 e. The molecule has 3 rings (SSSR count). The maximum atomic E-state index is 10.9. The monoisotopic (exact) mass is 367 g/mol. The number of rotatable bonds is 8. The molecule has 27 heavy (non-hydrogen) atoms. The van der Waals surface area contributed by atoms with Crippen LogP contribution >= 0.6 is 0 Å². The second-order valence-corrected chi connectivity index (χ2v) is 6.15. The molecule has 0 aliphatic heterocycles. The highest BCUT2D eigenvalue weighted by molar-refractivity contribution is 5.74. The van der Waals surface area contributed by atoms with E-state index < -0.39 is 0 Å². The van der Waals surface area contributed by atoms with Crippen molar-refractivity contribution in [2.75, 3.05) is 6.61 Å². The van der Waals surface area contributed by atoms with Crippen molar-refractivity contribution in [3.05, 3.63) is 54.1 Å². The van der Waals surface area contributed by atoms with E-state index >= 15 is 0 Å². The maximum absolute atomic E-state index is 10.9. The summed E-state index contributed by atoms with van der Waals surface area (Å²) in [5.74, 6) is 1.34. The van der Waals surface area contributed by atoms with Crippen LogP contribution in [0.5, 0.6) is 5.75 Å². The molecule has 0 bridgehead atoms. The number of carbonyl (C=O) groups is 1. The van der Waals surface area contributed by atoms with Crippen LogP contribution in [-0.2, 0) is 4.79 Å². The van der Waals surface area contributed by atoms with E-state index in [0.29, 0.717) is 24.7 Å². The number of hydrogen-bond acceptors (Lipinski definition) is 6. The van der Waals surface area contributed by atoms with Crippen LogP contribution < -0.4 is 10.2 Å². The van der Waals surface area contributed by atoms with Crippen molar-refractivity contribution < 1.29 is 19.3 Å². The van der Waals surface area contributed by atoms with Gasteiger partial charge in [-0.15, -0.1) is 0 Å². The Morgan fingerprint density at radius 3 is 2.48 bits per heavy atom. The molecule has 2 aromatic carbocycles. The van der Waals surface area contributed by atoms with Gasteiger partial charge in [-0.1, -0.05) is 35.0 Å². The van der Waals surface area contributed by atoms with E-state index in [1.54, 1.807) is 5.48 Å². The smallest absolute Gasteiger partial charge is 0.258 e. The number of carbonyl (C=O) groups excluding carboxylic acids is 1. The number of amides is 1. The second-order valence-electron chi connectivity index (χ2n) is 6.15. The van der Waals surface area contributed by atoms with Gasteiger partial charge in [-0.2, -0.15) is 4.98 Å². The first-order valence-electron chi connectivity index (χ1n) is 8.72. The van der Waals surface area contributed by atoms with Gasteiger partial charge in [-0.25, -0.2) is 5.48 Å². The molecule has 0 aliphatic carbocycles. The zero-order valence-electron chi connectivity index (χ0n) is 15.0. The molecule has 3 aromatic rings. The lowest BCUT2D eigenvalue weighted by molar-refractivity contribution is -0.129. The van der Waals surface area contributed by atoms with Crippen LogP contribution in [-0.4, -0.2) is 27.9 Å². The van der Waals surface area contributed by atoms with Gasteiger partial charge in [0.15, 0.2) is 0 Å². The average Bonchev–Trinajstić information content (AvgIpc) is 3.18. The molecule has 0 saturated heterocycles. The van der Waals surface area contributed by atoms with Crippen molar-refractivity contribution in [2.45, 2.75) is 26.2 Å². The third-order valence-electron chi connectivity index (χ3n) is 4.03. The lowest BCUT2D eigenvalue weighted by Crippen LogP contribution is -2.18. The van der Waals surface area contributed by atoms with E-state index in [0.717, 1.165) is 23.3 Å². The summed E-state index contributed by atoms with van der Waals surface area (Å²) in [6.07, 6.45) is 1.65. The summed E-state index contributed by atoms with van der Waals surface area (Å²) in [6, 6.07) is 15.3. The maximum Gasteiger partial charge on any atom is 0.258 e. The Morgan fingerprint density at radius 1 is 1.07 bits per heavy atom. The normalized spacial score (nSPS) is 10.6. The Labute approximate surface area is 156 Å². The zero-order chi connectivity index (χ0) is 19.1. The number of nitrogens with zero attached hydrogens (tertiary/aromatic N) is 2. The van der Waals surface area contributed by atoms with Gasteiger partial charge in [-0.05, 0) is 44.0 Å². The highest BCUT2D eigenvalue weighted by Crippen LogP contribution is 2.24. The van der Waals surface area contributed by atoms with Crippen molar-refractivity contribution >= 4 is 5.91 Å². The van der Waals surface area contributed by atoms with Crippen molar-refractivity contribution in [1.82, 2.24) is 15.6 Å². The topological polar surface area (TPSA) is 97.5 Å². The van der Waals surface area contributed by atoms with Crippen LogP contribution in [0.15, 0.2) is 53.1 Å². The van der Waals surface area contributed by atoms with E-state index in [9.17, 15) is 4.79 Å². The Hall–Kier alpha value is -3.19. The first-order valence-corrected chi connectivity index (χ1v) is 8.72. The van der Waals surface area contributed by atoms with Crippen LogP contribution in [0.4, 0.5) is 0 Å². The van der Waals surface area contributed by atoms with Gasteiger partial charge in [0.05, 0.1) is 6.61 Å². The summed E-state index contributed by atoms with van der Waals surface area (Å²) in [5.41, 5.74) is 4.51. The number of unbranched alkanes of at least 4 members (excludes halogenated alkanes) is 1. The van der Waals surface area contributed by atoms with Crippen molar-refractivity contribution in [1.29, 1.82) is 0 Å². The summed E-state index contributed by atoms with van der Waals surface area (Å²) in [7, 11) is 0. The van der Waals surface area contributed by atoms with Gasteiger partial charge in [0.25, 0.3) is 5.89 Å². The summed E-state index contributed by atoms with van der Waals surface area (Å²) in [4.78, 5) is 15.3. The van der Waals surface area contributed by atoms with E-state index in [2.05, 4.69) is 10.1 Å². The summed E-state index contributed by atoms with van der Waals surface area (Å²) < 4.78 is 11.0. The number of aryl methyl sites for hydroxylation is 1. The second kappa shape index (κ2) is 8.95. The molecule has 0 saturated carbocycles. The van der Waals surface area contributed by atoms with E-state index in [1.807, 2.05) is 55.5 Å². The molecule has 0 radical (unpaired) electrons. The first-order chi connectivity index (χ1) is 13.2. The first kappa shape index (κ1) is 18.6. The number of ether oxygens (including phenoxy) is 1. The molecule has 0 aliphatic rings. The lowest BCUT2D eigenvalue weighted by Gasteiger charge is -2.06. The summed E-state index contributed by atoms with van der Waals surface area (Å²) in [5, 5.41) is 12.5. The minimum Gasteiger partial charge on any atom is -0.494 e. The fraction of sp³-hybridized carbons (Fsp3) is 0.250. The van der Waals surface area contributed by atoms with Crippen molar-refractivity contribution in [3.8, 4) is 28.6 Å². The highest BCUT2D eigenvalue weighted by atomic mass is 16.5. The fourth-order valence-corrected chi connectivity index (χ4v) is 2.49. The van der Waals surface area contributed by atoms with Crippen LogP contribution in [0.25, 0.3) is 22.8 Å². The predicted octanol–water partition coefficient (Wildman–Crippen LogP) is 3.77. The molecule has 7 heteroatoms. The molecule has 0 fully saturated rings. The molecule has 7 nitrogen and oxygen atoms in total. The predicted molar refractivity (Wildman–Crippen MR) is 99.2 cm³/mol. The number of nitrogens with one attached hydrogen (secondary N) is 1. The van der Waals surface area contributed by atoms with Crippen molar-refractivity contribution in [3.63, 3.8) is 0 Å². The van der Waals surface area contributed by atoms with Gasteiger partial charge in [-0.3, -0.25) is 10.0 Å². The standard InChI is InChI=1S/C20H21N3O4/c1-14-5-7-15(8-6-14)19-21-20(27-23-19)16-9-11-17(12-10-16)26-13-3-2-4-18(24)22-25/h5-12,25H,2-4,13H2,1H3,(H,22,24). The molecule has 1 amide bonds. The summed E-state index contributed by atoms with van der Waals surface area (Å²) in [6.45, 7) is 2.52. The van der Waals surface area contributed by atoms with Crippen LogP contribution in [0, 0.1) is 6.92 Å². The van der Waals surface area contributed by atoms with E-state index in [1.165, 1.54) is 5.56 Å². The Kier molecular flexibility index (Phi) is 6.17. The van der Waals surface area contributed by atoms with Crippen LogP contribution in [0.3, 0.4) is 0 Å². The third-order valence-corrected chi connectivity index (χ3v) is 4.03. The summed E-state index contributed by atoms with van der Waals surface area (Å²) >= 11 is 0. The van der Waals surface area contributed by atoms with E-state index in [4.69, 9.17) is 14.5 Å². The Bertz CT molecular complexity index is 873. The van der Waals surface area contributed by atoms with Crippen molar-refractivity contribution in [2.24, 2.45) is 0 Å². The number of hydrogen-bond donors (Lipinski definition) is 2. The van der Waals surface area contributed by atoms with Crippen LogP contribution in [0.1, 0.15) is 24.8 Å². The molecule has 0 atom stereocenters. The minimum atomic E-state index is -0.385. The number of hydroxylamine groups is 1. The Balaban J connectivity index is 1.54. The molecular weight excluding hydrogens is 346 g/mol. The number of benzene rings is 2. The van der Waals surface area contributed by atoms with E-state index in [-0.39, 0.29) is 12.3 Å². The molecule has 0 spiro atoms. The highest BCUT2D eigenvalue weighted by Gasteiger charge is 2.10. The SMILES string of the molecule is Cc1ccc(-c2noc(-c3ccc(OCCCCC(=O)NO)cc3)n2)cc1.